The summed E-state index contributed by atoms with van der Waals surface area (Å²) in [4.78, 5) is 27.0. The van der Waals surface area contributed by atoms with Crippen LogP contribution in [0.5, 0.6) is 0 Å². The molecule has 32 heavy (non-hydrogen) atoms. The summed E-state index contributed by atoms with van der Waals surface area (Å²) in [7, 11) is 0. The van der Waals surface area contributed by atoms with Crippen LogP contribution in [0, 0.1) is 0 Å². The van der Waals surface area contributed by atoms with E-state index < -0.39 is 0 Å². The van der Waals surface area contributed by atoms with E-state index in [4.69, 9.17) is 5.11 Å². The maximum Gasteiger partial charge on any atom is 0.230 e. The molecule has 2 heterocycles. The van der Waals surface area contributed by atoms with Crippen molar-refractivity contribution in [1.82, 2.24) is 20.2 Å². The fourth-order valence-electron chi connectivity index (χ4n) is 4.81. The molecule has 7 nitrogen and oxygen atoms in total. The van der Waals surface area contributed by atoms with Gasteiger partial charge in [0.2, 0.25) is 5.91 Å². The summed E-state index contributed by atoms with van der Waals surface area (Å²) in [6, 6.07) is 8.04. The molecule has 1 aromatic heterocycles. The Morgan fingerprint density at radius 1 is 1.19 bits per heavy atom. The van der Waals surface area contributed by atoms with Crippen LogP contribution in [-0.4, -0.2) is 71.8 Å². The van der Waals surface area contributed by atoms with Gasteiger partial charge in [-0.25, -0.2) is 9.97 Å². The number of nitrogens with one attached hydrogen (secondary N) is 1. The summed E-state index contributed by atoms with van der Waals surface area (Å²) in [6.07, 6.45) is 4.56. The highest BCUT2D eigenvalue weighted by molar-refractivity contribution is 9.10. The lowest BCUT2D eigenvalue weighted by Crippen LogP contribution is -2.50. The van der Waals surface area contributed by atoms with Gasteiger partial charge in [-0.2, -0.15) is 0 Å². The molecular formula is C24H32BrN5O2. The van der Waals surface area contributed by atoms with Gasteiger partial charge < -0.3 is 20.2 Å². The van der Waals surface area contributed by atoms with Gasteiger partial charge in [0.05, 0.1) is 12.5 Å². The first-order chi connectivity index (χ1) is 15.6. The number of aliphatic hydroxyl groups is 1. The summed E-state index contributed by atoms with van der Waals surface area (Å²) in [5.41, 5.74) is 3.52. The van der Waals surface area contributed by atoms with Gasteiger partial charge in [0.1, 0.15) is 12.1 Å². The van der Waals surface area contributed by atoms with Gasteiger partial charge in [-0.05, 0) is 49.4 Å². The Bertz CT molecular complexity index is 915. The Kier molecular flexibility index (Phi) is 7.75. The Labute approximate surface area is 198 Å². The van der Waals surface area contributed by atoms with Gasteiger partial charge in [0.15, 0.2) is 0 Å². The first-order valence-electron chi connectivity index (χ1n) is 11.5. The maximum absolute atomic E-state index is 13.5. The van der Waals surface area contributed by atoms with Gasteiger partial charge in [-0.3, -0.25) is 4.79 Å². The van der Waals surface area contributed by atoms with Crippen molar-refractivity contribution in [3.63, 3.8) is 0 Å². The minimum Gasteiger partial charge on any atom is -0.395 e. The molecule has 1 amide bonds. The van der Waals surface area contributed by atoms with Crippen LogP contribution in [0.15, 0.2) is 35.1 Å². The molecule has 0 radical (unpaired) electrons. The number of aryl methyl sites for hydroxylation is 1. The van der Waals surface area contributed by atoms with Crippen LogP contribution in [0.2, 0.25) is 0 Å². The second-order valence-corrected chi connectivity index (χ2v) is 9.59. The second kappa shape index (κ2) is 10.7. The molecule has 1 aliphatic carbocycles. The largest absolute Gasteiger partial charge is 0.395 e. The number of carbonyl (C=O) groups is 1. The van der Waals surface area contributed by atoms with E-state index in [1.54, 1.807) is 6.33 Å². The van der Waals surface area contributed by atoms with E-state index in [1.165, 1.54) is 11.3 Å². The molecule has 0 saturated carbocycles. The number of amides is 1. The average Bonchev–Trinajstić information content (AvgIpc) is 3.21. The van der Waals surface area contributed by atoms with Gasteiger partial charge in [0, 0.05) is 48.5 Å². The molecule has 1 fully saturated rings. The quantitative estimate of drug-likeness (QED) is 0.541. The Hall–Kier alpha value is -2.03. The molecule has 4 rings (SSSR count). The number of benzene rings is 1. The van der Waals surface area contributed by atoms with E-state index in [0.29, 0.717) is 38.5 Å². The van der Waals surface area contributed by atoms with Crippen molar-refractivity contribution in [3.05, 3.63) is 51.9 Å². The van der Waals surface area contributed by atoms with Crippen molar-refractivity contribution in [2.75, 3.05) is 50.8 Å². The predicted molar refractivity (Wildman–Crippen MR) is 129 cm³/mol. The van der Waals surface area contributed by atoms with Crippen LogP contribution in [0.4, 0.5) is 5.82 Å². The van der Waals surface area contributed by atoms with E-state index in [-0.39, 0.29) is 18.4 Å². The summed E-state index contributed by atoms with van der Waals surface area (Å²) in [6.45, 7) is 6.57. The number of fused-ring (bicyclic) bond motifs is 1. The van der Waals surface area contributed by atoms with Crippen LogP contribution in [0.3, 0.4) is 0 Å². The third-order valence-corrected chi connectivity index (χ3v) is 7.14. The average molecular weight is 502 g/mol. The molecular weight excluding hydrogens is 470 g/mol. The van der Waals surface area contributed by atoms with Crippen LogP contribution in [0.25, 0.3) is 0 Å². The van der Waals surface area contributed by atoms with E-state index in [1.807, 2.05) is 29.2 Å². The second-order valence-electron chi connectivity index (χ2n) is 8.68. The number of nitrogens with zero attached hydrogens (tertiary/aromatic N) is 4. The lowest BCUT2D eigenvalue weighted by Gasteiger charge is -2.38. The fraction of sp³-hybridized carbons (Fsp3) is 0.542. The maximum atomic E-state index is 13.5. The third kappa shape index (κ3) is 5.13. The van der Waals surface area contributed by atoms with Crippen molar-refractivity contribution >= 4 is 27.7 Å². The van der Waals surface area contributed by atoms with E-state index in [0.717, 1.165) is 41.8 Å². The normalized spacial score (nSPS) is 19.2. The van der Waals surface area contributed by atoms with Crippen LogP contribution >= 0.6 is 15.9 Å². The van der Waals surface area contributed by atoms with E-state index in [9.17, 15) is 4.79 Å². The molecule has 2 N–H and O–H groups in total. The Morgan fingerprint density at radius 3 is 2.66 bits per heavy atom. The minimum atomic E-state index is -0.191. The number of aromatic nitrogens is 2. The van der Waals surface area contributed by atoms with Gasteiger partial charge in [-0.1, -0.05) is 35.0 Å². The lowest BCUT2D eigenvalue weighted by atomic mass is 9.93. The summed E-state index contributed by atoms with van der Waals surface area (Å²) in [5, 5.41) is 12.2. The first kappa shape index (κ1) is 23.1. The van der Waals surface area contributed by atoms with Crippen molar-refractivity contribution in [3.8, 4) is 0 Å². The van der Waals surface area contributed by atoms with E-state index >= 15 is 0 Å². The Morgan fingerprint density at radius 2 is 1.94 bits per heavy atom. The number of rotatable bonds is 8. The summed E-state index contributed by atoms with van der Waals surface area (Å²) in [5.74, 6) is 1.54. The van der Waals surface area contributed by atoms with Crippen molar-refractivity contribution in [1.29, 1.82) is 0 Å². The molecule has 1 aliphatic heterocycles. The van der Waals surface area contributed by atoms with Crippen LogP contribution in [0.1, 0.15) is 48.4 Å². The zero-order valence-electron chi connectivity index (χ0n) is 18.6. The molecule has 2 atom stereocenters. The molecule has 1 saturated heterocycles. The zero-order chi connectivity index (χ0) is 22.5. The number of piperazine rings is 1. The predicted octanol–water partition coefficient (Wildman–Crippen LogP) is 2.69. The van der Waals surface area contributed by atoms with Crippen LogP contribution in [-0.2, 0) is 11.2 Å². The summed E-state index contributed by atoms with van der Waals surface area (Å²) < 4.78 is 1.01. The summed E-state index contributed by atoms with van der Waals surface area (Å²) >= 11 is 3.48. The number of carbonyl (C=O) groups excluding carboxylic acids is 1. The van der Waals surface area contributed by atoms with Crippen molar-refractivity contribution in [2.24, 2.45) is 0 Å². The highest BCUT2D eigenvalue weighted by Crippen LogP contribution is 2.37. The van der Waals surface area contributed by atoms with Gasteiger partial charge in [-0.15, -0.1) is 0 Å². The lowest BCUT2D eigenvalue weighted by molar-refractivity contribution is -0.133. The van der Waals surface area contributed by atoms with Gasteiger partial charge >= 0.3 is 0 Å². The molecule has 1 aromatic carbocycles. The monoisotopic (exact) mass is 501 g/mol. The Balaban J connectivity index is 1.43. The highest BCUT2D eigenvalue weighted by Gasteiger charge is 2.31. The van der Waals surface area contributed by atoms with Crippen molar-refractivity contribution in [2.45, 2.75) is 38.0 Å². The molecule has 0 bridgehead atoms. The molecule has 8 heteroatoms. The standard InChI is InChI=1S/C24H32BrN5O2/c1-17-2-7-21-22(17)23(28-16-27-21)29-11-13-30(14-12-29)24(32)20(8-9-26-10-15-31)18-3-5-19(25)6-4-18/h3-6,16-17,20,26,31H,2,7-15H2,1H3/t17-,20-/m1/s1. The number of halogens is 1. The number of hydrogen-bond acceptors (Lipinski definition) is 6. The number of hydrogen-bond donors (Lipinski definition) is 2. The molecule has 2 aliphatic rings. The smallest absolute Gasteiger partial charge is 0.230 e. The number of anilines is 1. The van der Waals surface area contributed by atoms with E-state index in [2.05, 4.69) is 43.0 Å². The van der Waals surface area contributed by atoms with Gasteiger partial charge in [0.25, 0.3) is 0 Å². The first-order valence-corrected chi connectivity index (χ1v) is 12.3. The molecule has 172 valence electrons. The molecule has 2 aromatic rings. The zero-order valence-corrected chi connectivity index (χ0v) is 20.2. The highest BCUT2D eigenvalue weighted by atomic mass is 79.9. The fourth-order valence-corrected chi connectivity index (χ4v) is 5.08. The van der Waals surface area contributed by atoms with Crippen LogP contribution < -0.4 is 10.2 Å². The number of aliphatic hydroxyl groups excluding tert-OH is 1. The van der Waals surface area contributed by atoms with Crippen molar-refractivity contribution < 1.29 is 9.90 Å². The molecule has 0 spiro atoms. The molecule has 0 unspecified atom stereocenters. The topological polar surface area (TPSA) is 81.6 Å². The third-order valence-electron chi connectivity index (χ3n) is 6.61. The SMILES string of the molecule is C[C@@H]1CCc2ncnc(N3CCN(C(=O)[C@H](CCNCCO)c4ccc(Br)cc4)CC3)c21. The minimum absolute atomic E-state index is 0.101.